The largest absolute Gasteiger partial charge is 0.468 e. The van der Waals surface area contributed by atoms with Crippen molar-refractivity contribution in [1.82, 2.24) is 26.2 Å². The molecule has 0 aromatic heterocycles. The molecule has 2 fully saturated rings. The van der Waals surface area contributed by atoms with Crippen molar-refractivity contribution >= 4 is 47.3 Å². The van der Waals surface area contributed by atoms with E-state index in [1.165, 1.54) is 23.8 Å². The number of carbonyl (C=O) groups excluding carboxylic acids is 6. The molecule has 1 aromatic carbocycles. The van der Waals surface area contributed by atoms with Gasteiger partial charge in [-0.15, -0.1) is 11.8 Å². The summed E-state index contributed by atoms with van der Waals surface area (Å²) in [6.45, 7) is 5.23. The fourth-order valence-electron chi connectivity index (χ4n) is 4.49. The van der Waals surface area contributed by atoms with Crippen molar-refractivity contribution in [1.29, 1.82) is 0 Å². The molecule has 0 radical (unpaired) electrons. The Morgan fingerprint density at radius 1 is 1.05 bits per heavy atom. The minimum atomic E-state index is -0.782. The van der Waals surface area contributed by atoms with Gasteiger partial charge >= 0.3 is 11.9 Å². The molecule has 4 N–H and O–H groups in total. The fourth-order valence-corrected chi connectivity index (χ4v) is 6.11. The number of hydrogen-bond donors (Lipinski definition) is 4. The standard InChI is InChI=1S/C27H37N5O8S/c1-16(23(36)30-14-19(34)29-15-20(35)39-4)28-11-8-12-40-26(38)22-27(2,3)41-25-21(24(37)32(22)25)31-18(33)13-17-9-6-5-7-10-17/h5-7,9-10,16,21-22,25,28H,8,11-15H2,1-4H3,(H,29,34)(H,30,36)(H,31,33)/t16-,21-,22?,25-/m1/s1. The van der Waals surface area contributed by atoms with E-state index in [0.717, 1.165) is 5.56 Å². The molecule has 4 atom stereocenters. The van der Waals surface area contributed by atoms with Gasteiger partial charge in [-0.25, -0.2) is 4.79 Å². The zero-order chi connectivity index (χ0) is 30.2. The highest BCUT2D eigenvalue weighted by atomic mass is 32.2. The van der Waals surface area contributed by atoms with Crippen molar-refractivity contribution in [3.63, 3.8) is 0 Å². The quantitative estimate of drug-likeness (QED) is 0.121. The van der Waals surface area contributed by atoms with Crippen molar-refractivity contribution in [2.75, 3.05) is 33.4 Å². The number of nitrogens with one attached hydrogen (secondary N) is 4. The average Bonchev–Trinajstić information content (AvgIpc) is 3.20. The molecule has 4 amide bonds. The maximum Gasteiger partial charge on any atom is 0.330 e. The Hall–Kier alpha value is -3.65. The fraction of sp³-hybridized carbons (Fsp3) is 0.556. The van der Waals surface area contributed by atoms with Crippen LogP contribution in [0.5, 0.6) is 0 Å². The first-order valence-electron chi connectivity index (χ1n) is 13.3. The molecule has 1 aromatic rings. The lowest BCUT2D eigenvalue weighted by molar-refractivity contribution is -0.164. The lowest BCUT2D eigenvalue weighted by atomic mass is 9.96. The Morgan fingerprint density at radius 2 is 1.76 bits per heavy atom. The number of carbonyl (C=O) groups is 6. The van der Waals surface area contributed by atoms with E-state index in [1.807, 2.05) is 44.2 Å². The summed E-state index contributed by atoms with van der Waals surface area (Å²) < 4.78 is 9.28. The van der Waals surface area contributed by atoms with Crippen molar-refractivity contribution < 1.29 is 38.2 Å². The Bertz CT molecular complexity index is 1150. The molecule has 2 aliphatic heterocycles. The van der Waals surface area contributed by atoms with E-state index >= 15 is 0 Å². The summed E-state index contributed by atoms with van der Waals surface area (Å²) in [4.78, 5) is 74.7. The van der Waals surface area contributed by atoms with Crippen LogP contribution in [0.25, 0.3) is 0 Å². The van der Waals surface area contributed by atoms with Crippen LogP contribution in [-0.2, 0) is 44.7 Å². The SMILES string of the molecule is COC(=O)CNC(=O)CNC(=O)[C@@H](C)NCCCOC(=O)C1N2C(=O)[C@@H](NC(=O)Cc3ccccc3)[C@H]2SC1(C)C. The molecule has 0 bridgehead atoms. The monoisotopic (exact) mass is 591 g/mol. The lowest BCUT2D eigenvalue weighted by Crippen LogP contribution is -2.70. The Kier molecular flexibility index (Phi) is 11.1. The topological polar surface area (TPSA) is 172 Å². The van der Waals surface area contributed by atoms with Gasteiger partial charge in [0, 0.05) is 4.75 Å². The van der Waals surface area contributed by atoms with E-state index in [1.54, 1.807) is 6.92 Å². The number of benzene rings is 1. The molecule has 3 rings (SSSR count). The van der Waals surface area contributed by atoms with Gasteiger partial charge in [-0.05, 0) is 39.3 Å². The van der Waals surface area contributed by atoms with Gasteiger partial charge in [-0.1, -0.05) is 30.3 Å². The molecule has 2 saturated heterocycles. The molecular formula is C27H37N5O8S. The molecule has 2 aliphatic rings. The predicted molar refractivity (Wildman–Crippen MR) is 149 cm³/mol. The number of thioether (sulfide) groups is 1. The van der Waals surface area contributed by atoms with Crippen molar-refractivity contribution in [3.8, 4) is 0 Å². The van der Waals surface area contributed by atoms with Gasteiger partial charge in [0.05, 0.1) is 32.7 Å². The van der Waals surface area contributed by atoms with Gasteiger partial charge in [-0.2, -0.15) is 0 Å². The molecule has 2 heterocycles. The van der Waals surface area contributed by atoms with Crippen LogP contribution in [0.15, 0.2) is 30.3 Å². The number of rotatable bonds is 14. The average molecular weight is 592 g/mol. The van der Waals surface area contributed by atoms with Crippen molar-refractivity contribution in [2.45, 2.75) is 61.9 Å². The molecular weight excluding hydrogens is 554 g/mol. The second kappa shape index (κ2) is 14.3. The minimum absolute atomic E-state index is 0.0806. The van der Waals surface area contributed by atoms with Crippen LogP contribution in [0.4, 0.5) is 0 Å². The zero-order valence-corrected chi connectivity index (χ0v) is 24.4. The zero-order valence-electron chi connectivity index (χ0n) is 23.6. The Balaban J connectivity index is 1.36. The van der Waals surface area contributed by atoms with Gasteiger partial charge in [-0.3, -0.25) is 24.0 Å². The number of amides is 4. The van der Waals surface area contributed by atoms with Gasteiger partial charge in [0.2, 0.25) is 23.6 Å². The van der Waals surface area contributed by atoms with Gasteiger partial charge in [0.15, 0.2) is 0 Å². The number of hydrogen-bond acceptors (Lipinski definition) is 10. The Morgan fingerprint density at radius 3 is 2.44 bits per heavy atom. The first-order valence-corrected chi connectivity index (χ1v) is 14.2. The summed E-state index contributed by atoms with van der Waals surface area (Å²) in [5.74, 6) is -2.62. The third-order valence-corrected chi connectivity index (χ3v) is 8.25. The number of esters is 2. The van der Waals surface area contributed by atoms with Crippen LogP contribution < -0.4 is 21.3 Å². The van der Waals surface area contributed by atoms with E-state index < -0.39 is 46.6 Å². The third-order valence-electron chi connectivity index (χ3n) is 6.68. The molecule has 14 heteroatoms. The second-order valence-electron chi connectivity index (χ2n) is 10.2. The number of β-lactam (4-membered cyclic amide) rings is 1. The normalized spacial score (nSPS) is 21.1. The highest BCUT2D eigenvalue weighted by molar-refractivity contribution is 8.01. The summed E-state index contributed by atoms with van der Waals surface area (Å²) in [6.07, 6.45) is 0.580. The van der Waals surface area contributed by atoms with Gasteiger partial charge in [0.1, 0.15) is 24.0 Å². The number of fused-ring (bicyclic) bond motifs is 1. The van der Waals surface area contributed by atoms with Crippen LogP contribution in [0.3, 0.4) is 0 Å². The smallest absolute Gasteiger partial charge is 0.330 e. The van der Waals surface area contributed by atoms with Crippen molar-refractivity contribution in [2.24, 2.45) is 0 Å². The molecule has 0 spiro atoms. The highest BCUT2D eigenvalue weighted by Crippen LogP contribution is 2.51. The summed E-state index contributed by atoms with van der Waals surface area (Å²) in [5.41, 5.74) is 0.846. The first-order chi connectivity index (χ1) is 19.4. The van der Waals surface area contributed by atoms with Crippen LogP contribution in [0.2, 0.25) is 0 Å². The molecule has 13 nitrogen and oxygen atoms in total. The minimum Gasteiger partial charge on any atom is -0.468 e. The van der Waals surface area contributed by atoms with E-state index in [0.29, 0.717) is 13.0 Å². The summed E-state index contributed by atoms with van der Waals surface area (Å²) in [6, 6.07) is 7.16. The van der Waals surface area contributed by atoms with E-state index in [2.05, 4.69) is 26.0 Å². The summed E-state index contributed by atoms with van der Waals surface area (Å²) in [7, 11) is 1.20. The molecule has 0 saturated carbocycles. The van der Waals surface area contributed by atoms with Gasteiger partial charge < -0.3 is 35.6 Å². The van der Waals surface area contributed by atoms with E-state index in [4.69, 9.17) is 4.74 Å². The molecule has 41 heavy (non-hydrogen) atoms. The highest BCUT2D eigenvalue weighted by Gasteiger charge is 2.64. The second-order valence-corrected chi connectivity index (χ2v) is 12.0. The summed E-state index contributed by atoms with van der Waals surface area (Å²) in [5, 5.41) is 10.2. The van der Waals surface area contributed by atoms with E-state index in [-0.39, 0.29) is 43.3 Å². The van der Waals surface area contributed by atoms with Crippen LogP contribution >= 0.6 is 11.8 Å². The van der Waals surface area contributed by atoms with E-state index in [9.17, 15) is 28.8 Å². The van der Waals surface area contributed by atoms with Crippen LogP contribution in [0.1, 0.15) is 32.8 Å². The first kappa shape index (κ1) is 31.9. The number of nitrogens with zero attached hydrogens (tertiary/aromatic N) is 1. The molecule has 1 unspecified atom stereocenters. The van der Waals surface area contributed by atoms with Crippen LogP contribution in [0, 0.1) is 0 Å². The molecule has 0 aliphatic carbocycles. The lowest BCUT2D eigenvalue weighted by Gasteiger charge is -2.44. The predicted octanol–water partition coefficient (Wildman–Crippen LogP) is -0.907. The number of methoxy groups -OCH3 is 1. The molecule has 224 valence electrons. The van der Waals surface area contributed by atoms with Crippen molar-refractivity contribution in [3.05, 3.63) is 35.9 Å². The Labute approximate surface area is 242 Å². The maximum absolute atomic E-state index is 13.0. The number of ether oxygens (including phenoxy) is 2. The van der Waals surface area contributed by atoms with Gasteiger partial charge in [0.25, 0.3) is 0 Å². The third kappa shape index (κ3) is 8.43. The maximum atomic E-state index is 13.0. The van der Waals surface area contributed by atoms with Crippen LogP contribution in [-0.4, -0.2) is 102 Å². The summed E-state index contributed by atoms with van der Waals surface area (Å²) >= 11 is 1.46.